The second-order valence-corrected chi connectivity index (χ2v) is 4.87. The number of primary amides is 2. The van der Waals surface area contributed by atoms with E-state index in [-0.39, 0.29) is 6.54 Å². The summed E-state index contributed by atoms with van der Waals surface area (Å²) in [6.45, 7) is 0.0428. The van der Waals surface area contributed by atoms with Crippen LogP contribution < -0.4 is 16.0 Å². The van der Waals surface area contributed by atoms with E-state index in [4.69, 9.17) is 24.4 Å². The Balaban J connectivity index is 0.000000433. The molecule has 1 heterocycles. The monoisotopic (exact) mass is 329 g/mol. The minimum absolute atomic E-state index is 0.0428. The van der Waals surface area contributed by atoms with Gasteiger partial charge in [-0.15, -0.1) is 0 Å². The highest BCUT2D eigenvalue weighted by Crippen LogP contribution is 2.20. The molecule has 0 aliphatic heterocycles. The van der Waals surface area contributed by atoms with Gasteiger partial charge < -0.3 is 16.0 Å². The number of carbonyl (C=O) groups excluding carboxylic acids is 2. The summed E-state index contributed by atoms with van der Waals surface area (Å²) >= 11 is 0. The molecule has 0 saturated heterocycles. The van der Waals surface area contributed by atoms with Gasteiger partial charge in [-0.3, -0.25) is 9.59 Å². The Morgan fingerprint density at radius 3 is 2.10 bits per heavy atom. The van der Waals surface area contributed by atoms with E-state index in [0.29, 0.717) is 5.56 Å². The van der Waals surface area contributed by atoms with Crippen LogP contribution in [0.25, 0.3) is 0 Å². The van der Waals surface area contributed by atoms with Gasteiger partial charge in [0.25, 0.3) is 11.8 Å². The number of alkyl halides is 3. The van der Waals surface area contributed by atoms with E-state index in [1.807, 2.05) is 0 Å². The number of aromatic nitrogens is 1. The van der Waals surface area contributed by atoms with Crippen molar-refractivity contribution in [3.05, 3.63) is 30.1 Å². The van der Waals surface area contributed by atoms with Crippen LogP contribution in [-0.2, 0) is 21.5 Å². The Bertz CT molecular complexity index is 630. The highest BCUT2D eigenvalue weighted by atomic mass is 32.2. The number of halogens is 3. The zero-order valence-electron chi connectivity index (χ0n) is 10.2. The van der Waals surface area contributed by atoms with Gasteiger partial charge in [0.05, 0.1) is 0 Å². The van der Waals surface area contributed by atoms with Gasteiger partial charge in [-0.2, -0.15) is 17.7 Å². The van der Waals surface area contributed by atoms with Crippen LogP contribution in [0.5, 0.6) is 0 Å². The summed E-state index contributed by atoms with van der Waals surface area (Å²) in [6, 6.07) is 3.20. The number of nitrogens with two attached hydrogens (primary N) is 2. The van der Waals surface area contributed by atoms with E-state index >= 15 is 0 Å². The van der Waals surface area contributed by atoms with E-state index in [9.17, 15) is 22.8 Å². The summed E-state index contributed by atoms with van der Waals surface area (Å²) in [5.74, 6) is -0.995. The van der Waals surface area contributed by atoms with Crippen molar-refractivity contribution in [3.63, 3.8) is 0 Å². The van der Waals surface area contributed by atoms with E-state index < -0.39 is 27.4 Å². The normalized spacial score (nSPS) is 11.2. The lowest BCUT2D eigenvalue weighted by Crippen LogP contribution is -2.41. The predicted molar refractivity (Wildman–Crippen MR) is 60.1 cm³/mol. The molecular weight excluding hydrogens is 319 g/mol. The third-order valence-corrected chi connectivity index (χ3v) is 2.33. The molecule has 21 heavy (non-hydrogen) atoms. The SMILES string of the molecule is NC(=O)C[n+]1cccc(C(N)=O)c1.O=S(=O)([O-])C(F)(F)F. The molecule has 1 aromatic heterocycles. The molecule has 0 spiro atoms. The zero-order valence-corrected chi connectivity index (χ0v) is 11.0. The minimum Gasteiger partial charge on any atom is -0.741 e. The molecule has 0 saturated carbocycles. The maximum Gasteiger partial charge on any atom is 0.485 e. The molecule has 0 aliphatic rings. The number of carbonyl (C=O) groups is 2. The van der Waals surface area contributed by atoms with Crippen LogP contribution in [0.3, 0.4) is 0 Å². The van der Waals surface area contributed by atoms with Gasteiger partial charge in [0.2, 0.25) is 6.54 Å². The molecule has 12 heteroatoms. The average molecular weight is 329 g/mol. The summed E-state index contributed by atoms with van der Waals surface area (Å²) in [4.78, 5) is 21.3. The van der Waals surface area contributed by atoms with E-state index in [1.54, 1.807) is 18.3 Å². The van der Waals surface area contributed by atoms with Crippen LogP contribution in [0.15, 0.2) is 24.5 Å². The van der Waals surface area contributed by atoms with Gasteiger partial charge in [0.1, 0.15) is 5.56 Å². The fourth-order valence-corrected chi connectivity index (χ4v) is 0.946. The molecule has 0 aromatic carbocycles. The third-order valence-electron chi connectivity index (χ3n) is 1.76. The summed E-state index contributed by atoms with van der Waals surface area (Å²) in [7, 11) is -6.09. The second-order valence-electron chi connectivity index (χ2n) is 3.50. The molecule has 118 valence electrons. The van der Waals surface area contributed by atoms with Gasteiger partial charge >= 0.3 is 5.51 Å². The van der Waals surface area contributed by atoms with E-state index in [0.717, 1.165) is 0 Å². The first kappa shape index (κ1) is 18.8. The Hall–Kier alpha value is -2.21. The molecule has 0 unspecified atom stereocenters. The van der Waals surface area contributed by atoms with Gasteiger partial charge in [-0.1, -0.05) is 0 Å². The van der Waals surface area contributed by atoms with Gasteiger partial charge in [-0.05, 0) is 6.07 Å². The number of pyridine rings is 1. The van der Waals surface area contributed by atoms with Crippen LogP contribution in [0.1, 0.15) is 10.4 Å². The topological polar surface area (TPSA) is 147 Å². The number of amides is 2. The standard InChI is InChI=1S/C8H9N3O2.CHF3O3S/c9-7(12)5-11-3-1-2-6(4-11)8(10)13;2-1(3,4)8(5,6)7/h1-4H,5H2,(H3-,9,10,12,13);(H,5,6,7). The molecule has 0 radical (unpaired) electrons. The summed E-state index contributed by atoms with van der Waals surface area (Å²) < 4.78 is 60.4. The number of rotatable bonds is 3. The number of nitrogens with zero attached hydrogens (tertiary/aromatic N) is 1. The Kier molecular flexibility index (Phi) is 6.25. The fourth-order valence-electron chi connectivity index (χ4n) is 0.946. The first-order valence-corrected chi connectivity index (χ1v) is 6.35. The summed E-state index contributed by atoms with van der Waals surface area (Å²) in [6.07, 6.45) is 3.12. The van der Waals surface area contributed by atoms with Crippen LogP contribution in [-0.4, -0.2) is 30.3 Å². The van der Waals surface area contributed by atoms with Crippen molar-refractivity contribution in [3.8, 4) is 0 Å². The van der Waals surface area contributed by atoms with Crippen molar-refractivity contribution in [1.29, 1.82) is 0 Å². The lowest BCUT2D eigenvalue weighted by molar-refractivity contribution is -0.684. The Labute approximate surface area is 116 Å². The maximum atomic E-state index is 10.7. The quantitative estimate of drug-likeness (QED) is 0.398. The molecule has 0 aliphatic carbocycles. The first-order valence-electron chi connectivity index (χ1n) is 4.94. The Morgan fingerprint density at radius 1 is 1.29 bits per heavy atom. The molecule has 1 aromatic rings. The average Bonchev–Trinajstić information content (AvgIpc) is 2.26. The minimum atomic E-state index is -6.09. The van der Waals surface area contributed by atoms with Crippen LogP contribution in [0.2, 0.25) is 0 Å². The lowest BCUT2D eigenvalue weighted by Gasteiger charge is -2.08. The van der Waals surface area contributed by atoms with Crippen molar-refractivity contribution in [2.75, 3.05) is 0 Å². The predicted octanol–water partition coefficient (Wildman–Crippen LogP) is -1.39. The van der Waals surface area contributed by atoms with Gasteiger partial charge in [0, 0.05) is 6.07 Å². The molecule has 4 N–H and O–H groups in total. The molecule has 8 nitrogen and oxygen atoms in total. The highest BCUT2D eigenvalue weighted by molar-refractivity contribution is 7.86. The van der Waals surface area contributed by atoms with Crippen molar-refractivity contribution >= 4 is 21.9 Å². The van der Waals surface area contributed by atoms with E-state index in [2.05, 4.69) is 0 Å². The maximum absolute atomic E-state index is 10.7. The smallest absolute Gasteiger partial charge is 0.485 e. The van der Waals surface area contributed by atoms with Crippen molar-refractivity contribution in [2.45, 2.75) is 12.1 Å². The third kappa shape index (κ3) is 7.22. The largest absolute Gasteiger partial charge is 0.741 e. The van der Waals surface area contributed by atoms with Crippen molar-refractivity contribution in [1.82, 2.24) is 0 Å². The van der Waals surface area contributed by atoms with Gasteiger partial charge in [-0.25, -0.2) is 8.42 Å². The highest BCUT2D eigenvalue weighted by Gasteiger charge is 2.36. The van der Waals surface area contributed by atoms with Gasteiger partial charge in [0.15, 0.2) is 22.5 Å². The molecule has 1 rings (SSSR count). The van der Waals surface area contributed by atoms with Crippen molar-refractivity contribution in [2.24, 2.45) is 11.5 Å². The molecule has 2 amide bonds. The number of hydrogen-bond acceptors (Lipinski definition) is 5. The van der Waals surface area contributed by atoms with Crippen LogP contribution >= 0.6 is 0 Å². The van der Waals surface area contributed by atoms with E-state index in [1.165, 1.54) is 10.8 Å². The summed E-state index contributed by atoms with van der Waals surface area (Å²) in [5, 5.41) is 0. The molecule has 0 fully saturated rings. The number of hydrogen-bond donors (Lipinski definition) is 2. The second kappa shape index (κ2) is 6.99. The molecular formula is C9H10F3N3O5S. The molecule has 0 bridgehead atoms. The van der Waals surface area contributed by atoms with Crippen LogP contribution in [0.4, 0.5) is 13.2 Å². The summed E-state index contributed by atoms with van der Waals surface area (Å²) in [5.41, 5.74) is 4.72. The Morgan fingerprint density at radius 2 is 1.76 bits per heavy atom. The van der Waals surface area contributed by atoms with Crippen molar-refractivity contribution < 1.29 is 40.3 Å². The first-order chi connectivity index (χ1) is 9.34. The zero-order chi connectivity index (χ0) is 16.8. The molecule has 0 atom stereocenters. The van der Waals surface area contributed by atoms with Crippen LogP contribution in [0, 0.1) is 0 Å². The fraction of sp³-hybridized carbons (Fsp3) is 0.222. The lowest BCUT2D eigenvalue weighted by atomic mass is 10.3.